The number of aliphatic hydroxyl groups is 1. The first kappa shape index (κ1) is 68.2. The van der Waals surface area contributed by atoms with Crippen molar-refractivity contribution in [3.63, 3.8) is 0 Å². The summed E-state index contributed by atoms with van der Waals surface area (Å²) in [5.74, 6) is -6.23. The Morgan fingerprint density at radius 1 is 0.609 bits per heavy atom. The van der Waals surface area contributed by atoms with Gasteiger partial charge in [0.2, 0.25) is 0 Å². The number of hydrogen-bond acceptors (Lipinski definition) is 20. The molecule has 478 valence electrons. The molecule has 27 heteroatoms. The number of aliphatic hydroxyl groups excluding tert-OH is 1. The van der Waals surface area contributed by atoms with Gasteiger partial charge in [0.15, 0.2) is 59.8 Å². The number of ether oxygens (including phenoxy) is 5. The van der Waals surface area contributed by atoms with Crippen molar-refractivity contribution in [1.82, 2.24) is 19.8 Å². The van der Waals surface area contributed by atoms with E-state index in [0.29, 0.717) is 22.3 Å². The molecule has 0 bridgehead atoms. The third-order valence-corrected chi connectivity index (χ3v) is 20.8. The number of aromatic nitrogens is 2. The summed E-state index contributed by atoms with van der Waals surface area (Å²) in [6, 6.07) is 37.8. The second-order valence-electron chi connectivity index (χ2n) is 21.2. The molecule has 6 aromatic rings. The molecule has 4 fully saturated rings. The summed E-state index contributed by atoms with van der Waals surface area (Å²) in [6.45, 7) is 7.73. The Labute approximate surface area is 539 Å². The highest BCUT2D eigenvalue weighted by Gasteiger charge is 2.74. The number of sulfone groups is 2. The molecule has 2 amide bonds. The van der Waals surface area contributed by atoms with Crippen LogP contribution in [0.3, 0.4) is 0 Å². The van der Waals surface area contributed by atoms with Crippen molar-refractivity contribution < 1.29 is 79.2 Å². The molecule has 4 saturated heterocycles. The van der Waals surface area contributed by atoms with E-state index in [-0.39, 0.29) is 52.0 Å². The van der Waals surface area contributed by atoms with Gasteiger partial charge in [-0.25, -0.2) is 36.0 Å². The van der Waals surface area contributed by atoms with Crippen molar-refractivity contribution in [2.75, 3.05) is 32.3 Å². The molecule has 0 radical (unpaired) electrons. The van der Waals surface area contributed by atoms with Crippen LogP contribution in [0.5, 0.6) is 0 Å². The lowest BCUT2D eigenvalue weighted by Crippen LogP contribution is -2.60. The highest BCUT2D eigenvalue weighted by molar-refractivity contribution is 7.94. The summed E-state index contributed by atoms with van der Waals surface area (Å²) in [6.07, 6.45) is 6.12. The van der Waals surface area contributed by atoms with Gasteiger partial charge in [0, 0.05) is 12.4 Å². The predicted molar refractivity (Wildman–Crippen MR) is 340 cm³/mol. The molecule has 0 unspecified atom stereocenters. The predicted octanol–water partition coefficient (Wildman–Crippen LogP) is 5.69. The lowest BCUT2D eigenvalue weighted by Gasteiger charge is -2.39. The van der Waals surface area contributed by atoms with E-state index in [9.17, 15) is 55.5 Å². The number of carbonyl (C=O) groups is 7. The van der Waals surface area contributed by atoms with Crippen LogP contribution in [-0.4, -0.2) is 153 Å². The van der Waals surface area contributed by atoms with E-state index in [1.54, 1.807) is 109 Å². The standard InChI is InChI=1S/C33H29ClN2O9S.C31H28N2O8S.CH4N2S/c1-3-16-43-31(39)23-14-15-35-24(17-23)18-25-29(38)36-28(33(2,20-44-26(37)19-34)46(41,42)30(25)36)32(40)45-27(21-10-6-4-7-11-21)22-12-8-5-9-13-22;1-3-16-40-29(36)22-14-15-32-23(17-22)18-24-27(35)33-26(31(2,19-34)42(38,39)28(24)33)30(37)41-25(20-10-6-4-7-11-20)21-12-8-5-9-13-21;2-1(3)4/h3-15,17-18,27-28,30H,1,16,19-20H2,2H3;3-15,17-18,25-26,28,34H,1,16,19H2,2H3;(H4,2,3,4)/b25-18-;24-18-;/t28-,30+,33-;26-,28+,31-;/m00./s1. The Kier molecular flexibility index (Phi) is 21.5. The van der Waals surface area contributed by atoms with Crippen molar-refractivity contribution in [3.8, 4) is 0 Å². The Morgan fingerprint density at radius 3 is 1.27 bits per heavy atom. The fourth-order valence-corrected chi connectivity index (χ4v) is 15.2. The van der Waals surface area contributed by atoms with Gasteiger partial charge in [-0.15, -0.1) is 11.6 Å². The minimum atomic E-state index is -4.45. The summed E-state index contributed by atoms with van der Waals surface area (Å²) < 4.78 is 79.0. The number of nitrogens with zero attached hydrogens (tertiary/aromatic N) is 4. The summed E-state index contributed by atoms with van der Waals surface area (Å²) in [5.41, 5.74) is 12.0. The molecule has 0 spiro atoms. The number of hydrogen-bond donors (Lipinski definition) is 3. The fraction of sp³-hybridized carbons (Fsp3) is 0.231. The molecule has 4 aromatic carbocycles. The number of fused-ring (bicyclic) bond motifs is 2. The number of β-lactam (4-membered cyclic amide) rings is 2. The number of benzene rings is 4. The molecule has 6 atom stereocenters. The number of thiocarbonyl (C=S) groups is 1. The number of amides is 2. The molecule has 6 heterocycles. The molecular formula is C65H61ClN6O17S3. The average Bonchev–Trinajstić information content (AvgIpc) is 1.53. The lowest BCUT2D eigenvalue weighted by molar-refractivity contribution is -0.162. The van der Waals surface area contributed by atoms with Crippen LogP contribution < -0.4 is 11.5 Å². The Bertz CT molecular complexity index is 4050. The van der Waals surface area contributed by atoms with E-state index in [4.69, 9.17) is 35.3 Å². The minimum Gasteiger partial charge on any atom is -0.463 e. The monoisotopic (exact) mass is 1330 g/mol. The van der Waals surface area contributed by atoms with Crippen LogP contribution in [0.4, 0.5) is 0 Å². The van der Waals surface area contributed by atoms with Crippen molar-refractivity contribution in [2.45, 2.75) is 58.4 Å². The Hall–Kier alpha value is -9.73. The summed E-state index contributed by atoms with van der Waals surface area (Å²) in [7, 11) is -8.77. The Morgan fingerprint density at radius 2 is 0.946 bits per heavy atom. The van der Waals surface area contributed by atoms with Gasteiger partial charge < -0.3 is 50.1 Å². The number of alkyl halides is 1. The van der Waals surface area contributed by atoms with Crippen LogP contribution in [0, 0.1) is 0 Å². The zero-order valence-corrected chi connectivity index (χ0v) is 52.5. The van der Waals surface area contributed by atoms with Gasteiger partial charge >= 0.3 is 29.8 Å². The lowest BCUT2D eigenvalue weighted by atomic mass is 9.93. The summed E-state index contributed by atoms with van der Waals surface area (Å²) in [5, 5.41) is 7.24. The molecule has 0 aliphatic carbocycles. The van der Waals surface area contributed by atoms with E-state index in [1.807, 2.05) is 12.1 Å². The van der Waals surface area contributed by atoms with Gasteiger partial charge in [-0.05, 0) is 84.7 Å². The maximum atomic E-state index is 14.2. The fourth-order valence-electron chi connectivity index (χ4n) is 10.6. The molecule has 2 aromatic heterocycles. The van der Waals surface area contributed by atoms with Crippen LogP contribution in [0.15, 0.2) is 194 Å². The molecule has 4 aliphatic heterocycles. The first-order valence-corrected chi connectivity index (χ1v) is 32.0. The highest BCUT2D eigenvalue weighted by Crippen LogP contribution is 2.51. The van der Waals surface area contributed by atoms with E-state index in [2.05, 4.69) is 46.8 Å². The maximum absolute atomic E-state index is 14.2. The number of halogens is 1. The van der Waals surface area contributed by atoms with Crippen LogP contribution in [0.1, 0.15) is 80.4 Å². The van der Waals surface area contributed by atoms with E-state index < -0.39 is 125 Å². The second-order valence-corrected chi connectivity index (χ2v) is 26.9. The quantitative estimate of drug-likeness (QED) is 0.0157. The van der Waals surface area contributed by atoms with Gasteiger partial charge in [0.1, 0.15) is 35.2 Å². The minimum absolute atomic E-state index is 0.000000000000000222. The molecule has 5 N–H and O–H groups in total. The van der Waals surface area contributed by atoms with E-state index >= 15 is 0 Å². The van der Waals surface area contributed by atoms with Gasteiger partial charge in [0.05, 0.1) is 40.3 Å². The van der Waals surface area contributed by atoms with Crippen LogP contribution in [-0.2, 0) is 67.3 Å². The second kappa shape index (κ2) is 29.0. The van der Waals surface area contributed by atoms with E-state index in [0.717, 1.165) is 9.80 Å². The number of nitrogens with two attached hydrogens (primary N) is 2. The van der Waals surface area contributed by atoms with Gasteiger partial charge in [-0.2, -0.15) is 0 Å². The van der Waals surface area contributed by atoms with Gasteiger partial charge in [-0.1, -0.05) is 147 Å². The topological polar surface area (TPSA) is 338 Å². The van der Waals surface area contributed by atoms with Crippen LogP contribution >= 0.6 is 23.8 Å². The number of pyridine rings is 2. The smallest absolute Gasteiger partial charge is 0.338 e. The molecule has 92 heavy (non-hydrogen) atoms. The van der Waals surface area contributed by atoms with Crippen LogP contribution in [0.2, 0.25) is 0 Å². The first-order chi connectivity index (χ1) is 43.9. The van der Waals surface area contributed by atoms with E-state index in [1.165, 1.54) is 74.8 Å². The van der Waals surface area contributed by atoms with Crippen molar-refractivity contribution in [1.29, 1.82) is 0 Å². The average molecular weight is 1330 g/mol. The third kappa shape index (κ3) is 13.8. The van der Waals surface area contributed by atoms with Crippen molar-refractivity contribution in [3.05, 3.63) is 239 Å². The zero-order valence-electron chi connectivity index (χ0n) is 49.3. The van der Waals surface area contributed by atoms with Crippen molar-refractivity contribution in [2.24, 2.45) is 11.5 Å². The third-order valence-electron chi connectivity index (χ3n) is 15.2. The molecule has 4 aliphatic rings. The Balaban J connectivity index is 0.000000225. The molecule has 10 rings (SSSR count). The molecule has 23 nitrogen and oxygen atoms in total. The zero-order chi connectivity index (χ0) is 66.7. The summed E-state index contributed by atoms with van der Waals surface area (Å²) in [4.78, 5) is 102. The molecular weight excluding hydrogens is 1270 g/mol. The molecule has 0 saturated carbocycles. The summed E-state index contributed by atoms with van der Waals surface area (Å²) >= 11 is 9.69. The SMILES string of the molecule is C=CCOC(=O)c1ccnc(/C=C2/C(=O)N3[C@@H](C(=O)OC(c4ccccc4)c4ccccc4)[C@](C)(CO)S(=O)(=O)[C@H]23)c1.C=CCOC(=O)c1ccnc(/C=C2/C(=O)N3[C@@H](C(=O)OC(c4ccccc4)c4ccccc4)[C@](C)(COC(=O)CCl)S(=O)(=O)[C@H]23)c1.NC(N)=S. The number of esters is 5. The number of carbonyl (C=O) groups excluding carboxylic acids is 7. The number of rotatable bonds is 20. The van der Waals surface area contributed by atoms with Crippen LogP contribution in [0.25, 0.3) is 12.2 Å². The highest BCUT2D eigenvalue weighted by atomic mass is 35.5. The van der Waals surface area contributed by atoms with Gasteiger partial charge in [0.25, 0.3) is 11.8 Å². The normalized spacial score (nSPS) is 21.9. The maximum Gasteiger partial charge on any atom is 0.338 e. The van der Waals surface area contributed by atoms with Gasteiger partial charge in [-0.3, -0.25) is 24.4 Å². The largest absolute Gasteiger partial charge is 0.463 e. The van der Waals surface area contributed by atoms with Crippen molar-refractivity contribution >= 4 is 102 Å². The first-order valence-electron chi connectivity index (χ1n) is 27.9.